The van der Waals surface area contributed by atoms with Gasteiger partial charge in [0.2, 0.25) is 11.9 Å². The topological polar surface area (TPSA) is 682 Å². The number of hydrogen-bond donors (Lipinski definition) is 13. The van der Waals surface area contributed by atoms with Crippen molar-refractivity contribution in [3.05, 3.63) is 62.4 Å². The quantitative estimate of drug-likeness (QED) is 0.0120. The molecule has 0 aliphatic carbocycles. The molecule has 21 atom stereocenters. The summed E-state index contributed by atoms with van der Waals surface area (Å²) in [7, 11) is -24.6. The highest BCUT2D eigenvalue weighted by atomic mass is 31.3. The Kier molecular flexibility index (Phi) is 22.3. The fraction of sp³-hybridized carbons (Fsp3) is 0.609. The molecule has 9 unspecified atom stereocenters. The SMILES string of the molecule is CO[C@@H]1C(O)[C@H](N2CN(C)c3c2nc(N)[nH]c3=O)O[C@@H]1COP(=O)(O)OP(=O)(O)OP(=O)(O)OOC[C@H]1O[C@@H](n2cnc3c(N)ncnc32)[C@@H](OC)C1OP(=O)(O)OC[C@H]1O[C@@H](n2cnc3c(=O)[nH]c(N)nc32)[C@@H](OC)C1OP(=O)(O)OC[C@H]1O[C@@H](n2ccc(N)nc2=O)[C@@H](O)C1OC(C)C. The molecule has 4 fully saturated rings. The molecule has 6 aromatic heterocycles. The number of imidazole rings is 2. The first-order chi connectivity index (χ1) is 47.5. The number of fused-ring (bicyclic) bond motifs is 3. The minimum absolute atomic E-state index is 0.00921. The molecule has 5 aliphatic heterocycles. The summed E-state index contributed by atoms with van der Waals surface area (Å²) >= 11 is 0. The summed E-state index contributed by atoms with van der Waals surface area (Å²) in [4.78, 5) is 134. The normalized spacial score (nSPS) is 30.6. The van der Waals surface area contributed by atoms with Gasteiger partial charge in [-0.1, -0.05) is 0 Å². The van der Waals surface area contributed by atoms with Gasteiger partial charge < -0.3 is 105 Å². The number of methoxy groups -OCH3 is 3. The predicted octanol–water partition coefficient (Wildman–Crippen LogP) is -3.18. The summed E-state index contributed by atoms with van der Waals surface area (Å²) in [6.45, 7) is -1.18. The van der Waals surface area contributed by atoms with Crippen LogP contribution in [-0.4, -0.2) is 240 Å². The number of nitrogens with one attached hydrogen (secondary N) is 2. The molecule has 0 amide bonds. The Morgan fingerprint density at radius 1 is 0.584 bits per heavy atom. The first-order valence-electron chi connectivity index (χ1n) is 29.3. The zero-order chi connectivity index (χ0) is 73.2. The van der Waals surface area contributed by atoms with Crippen molar-refractivity contribution in [2.24, 2.45) is 0 Å². The van der Waals surface area contributed by atoms with Gasteiger partial charge in [0.15, 0.2) is 53.4 Å². The van der Waals surface area contributed by atoms with Crippen molar-refractivity contribution in [1.29, 1.82) is 0 Å². The van der Waals surface area contributed by atoms with Crippen LogP contribution in [0.25, 0.3) is 22.3 Å². The van der Waals surface area contributed by atoms with Gasteiger partial charge in [0.05, 0.1) is 45.2 Å². The van der Waals surface area contributed by atoms with Crippen LogP contribution in [-0.2, 0) is 102 Å². The highest BCUT2D eigenvalue weighted by Gasteiger charge is 2.56. The van der Waals surface area contributed by atoms with Gasteiger partial charge in [0.1, 0.15) is 103 Å². The molecule has 0 aromatic carbocycles. The van der Waals surface area contributed by atoms with E-state index in [0.29, 0.717) is 0 Å². The third-order valence-electron chi connectivity index (χ3n) is 15.7. The Hall–Kier alpha value is -6.35. The number of nitrogens with two attached hydrogens (primary N) is 4. The monoisotopic (exact) mass is 1540 g/mol. The van der Waals surface area contributed by atoms with Crippen LogP contribution in [0.15, 0.2) is 45.6 Å². The van der Waals surface area contributed by atoms with E-state index in [0.717, 1.165) is 49.4 Å². The lowest BCUT2D eigenvalue weighted by atomic mass is 10.1. The number of nitrogens with zero attached hydrogens (tertiary/aromatic N) is 12. The van der Waals surface area contributed by atoms with E-state index < -0.39 is 193 Å². The number of aromatic amines is 2. The number of aliphatic hydroxyl groups excluding tert-OH is 2. The third-order valence-corrected chi connectivity index (χ3v) is 21.7. The maximum Gasteiger partial charge on any atom is 0.508 e. The number of aromatic nitrogens is 12. The zero-order valence-electron chi connectivity index (χ0n) is 53.0. The number of anilines is 6. The van der Waals surface area contributed by atoms with E-state index >= 15 is 0 Å². The van der Waals surface area contributed by atoms with Gasteiger partial charge in [-0.25, -0.2) is 52.4 Å². The minimum Gasteiger partial charge on any atom is -0.386 e. The molecule has 50 nitrogen and oxygen atoms in total. The molecule has 0 bridgehead atoms. The van der Waals surface area contributed by atoms with Crippen molar-refractivity contribution in [3.63, 3.8) is 0 Å². The van der Waals surface area contributed by atoms with Crippen LogP contribution in [0.4, 0.5) is 35.0 Å². The second kappa shape index (κ2) is 29.7. The highest BCUT2D eigenvalue weighted by molar-refractivity contribution is 7.66. The first kappa shape index (κ1) is 75.8. The highest BCUT2D eigenvalue weighted by Crippen LogP contribution is 2.68. The zero-order valence-corrected chi connectivity index (χ0v) is 57.5. The Morgan fingerprint density at radius 2 is 1.10 bits per heavy atom. The van der Waals surface area contributed by atoms with E-state index in [4.69, 9.17) is 88.3 Å². The summed E-state index contributed by atoms with van der Waals surface area (Å²) < 4.78 is 158. The fourth-order valence-corrected chi connectivity index (χ4v) is 16.8. The maximum absolute atomic E-state index is 14.4. The lowest BCUT2D eigenvalue weighted by Gasteiger charge is -2.27. The molecule has 6 aromatic rings. The van der Waals surface area contributed by atoms with Crippen LogP contribution in [0.5, 0.6) is 0 Å². The molecular formula is C46H67N18O32P5. The molecule has 11 rings (SSSR count). The van der Waals surface area contributed by atoms with E-state index in [9.17, 15) is 71.9 Å². The summed E-state index contributed by atoms with van der Waals surface area (Å²) in [5.74, 6) is -0.948. The van der Waals surface area contributed by atoms with E-state index in [1.54, 1.807) is 13.8 Å². The van der Waals surface area contributed by atoms with Gasteiger partial charge >= 0.3 is 44.8 Å². The smallest absolute Gasteiger partial charge is 0.386 e. The average Bonchev–Trinajstić information content (AvgIpc) is 1.62. The summed E-state index contributed by atoms with van der Waals surface area (Å²) in [6.07, 6.45) is -21.7. The van der Waals surface area contributed by atoms with Crippen molar-refractivity contribution < 1.29 is 136 Å². The second-order valence-corrected chi connectivity index (χ2v) is 30.1. The van der Waals surface area contributed by atoms with Crippen molar-refractivity contribution >= 4 is 96.5 Å². The van der Waals surface area contributed by atoms with E-state index in [1.165, 1.54) is 33.7 Å². The van der Waals surface area contributed by atoms with Gasteiger partial charge in [-0.3, -0.25) is 55.9 Å². The average molecular weight is 1540 g/mol. The Bertz CT molecular complexity index is 4460. The van der Waals surface area contributed by atoms with Gasteiger partial charge in [0, 0.05) is 34.6 Å². The number of nitrogen functional groups attached to an aromatic ring is 4. The van der Waals surface area contributed by atoms with Crippen molar-refractivity contribution in [1.82, 2.24) is 58.6 Å². The molecule has 0 radical (unpaired) electrons. The molecule has 5 aliphatic rings. The van der Waals surface area contributed by atoms with Gasteiger partial charge in [-0.15, -0.1) is 4.67 Å². The van der Waals surface area contributed by atoms with Crippen LogP contribution in [0.1, 0.15) is 32.5 Å². The fourth-order valence-electron chi connectivity index (χ4n) is 11.6. The number of phosphoric acid groups is 5. The molecule has 17 N–H and O–H groups in total. The van der Waals surface area contributed by atoms with Crippen LogP contribution in [0, 0.1) is 0 Å². The predicted molar refractivity (Wildman–Crippen MR) is 331 cm³/mol. The molecule has 4 saturated heterocycles. The Labute approximate surface area is 564 Å². The Balaban J connectivity index is 0.782. The summed E-state index contributed by atoms with van der Waals surface area (Å²) in [6, 6.07) is 1.25. The minimum atomic E-state index is -6.27. The molecule has 0 saturated carbocycles. The van der Waals surface area contributed by atoms with Gasteiger partial charge in [0.25, 0.3) is 11.1 Å². The number of hydrogen-bond acceptors (Lipinski definition) is 40. The second-order valence-electron chi connectivity index (χ2n) is 22.7. The van der Waals surface area contributed by atoms with Crippen LogP contribution in [0.2, 0.25) is 0 Å². The van der Waals surface area contributed by atoms with Gasteiger partial charge in [-0.2, -0.15) is 23.6 Å². The molecular weight excluding hydrogens is 1470 g/mol. The summed E-state index contributed by atoms with van der Waals surface area (Å²) in [5, 5.41) is 22.5. The molecule has 101 heavy (non-hydrogen) atoms. The van der Waals surface area contributed by atoms with Crippen molar-refractivity contribution in [3.8, 4) is 0 Å². The van der Waals surface area contributed by atoms with Crippen molar-refractivity contribution in [2.75, 3.05) is 94.2 Å². The summed E-state index contributed by atoms with van der Waals surface area (Å²) in [5.41, 5.74) is 20.5. The van der Waals surface area contributed by atoms with Crippen molar-refractivity contribution in [2.45, 2.75) is 118 Å². The number of phosphoric ester groups is 3. The van der Waals surface area contributed by atoms with Crippen LogP contribution < -0.4 is 49.5 Å². The number of H-pyrrole nitrogens is 2. The molecule has 0 spiro atoms. The van der Waals surface area contributed by atoms with Gasteiger partial charge in [-0.05, 0) is 19.9 Å². The lowest BCUT2D eigenvalue weighted by Crippen LogP contribution is -2.46. The lowest BCUT2D eigenvalue weighted by molar-refractivity contribution is -0.244. The number of rotatable bonds is 30. The molecule has 558 valence electrons. The number of ether oxygens (including phenoxy) is 8. The largest absolute Gasteiger partial charge is 0.508 e. The molecule has 55 heteroatoms. The standard InChI is InChI=1S/C46H67N18O32P5/c1-17(2)87-29-20(89-40(27(29)66)61-8-7-22(47)55-46(61)69)11-84-97(70,71)93-31-21(91-43(33(31)82-6)63-15-54-24-36(63)56-44(49)58-38(24)67)12-85-98(72,73)92-30-18(90-42(32(30)81-5)62-14-53-23-34(48)51-13-52-35(23)62)9-83-94-100(76,77)96-101(78,79)95-99(74,75)86-10-19-28(80-4)26(65)41(88-19)64-16-60(3)25-37(64)57-45(50)59-39(25)68/h7-8,13-15,17-21,26-33,40-43,65-66H,9-12,16H2,1-6H3,(H,70,71)(H,72,73)(H,74,75)(H,76,77)(H,78,79)(H2,47,55,69)(H2,48,51,52)(H3,49,56,58,67)(H3,50,57,59,68)/t18-,19-,20-,21-,26?,27+,28+,29?,30?,31?,32+,33+,40-,41-,42-,43-/m1/s1. The molecule has 11 heterocycles. The van der Waals surface area contributed by atoms with E-state index in [-0.39, 0.29) is 58.1 Å². The van der Waals surface area contributed by atoms with Crippen LogP contribution in [0.3, 0.4) is 0 Å². The van der Waals surface area contributed by atoms with E-state index in [1.807, 2.05) is 0 Å². The maximum atomic E-state index is 14.4. The first-order valence-corrected chi connectivity index (χ1v) is 36.8. The van der Waals surface area contributed by atoms with Crippen LogP contribution >= 0.6 is 39.1 Å². The van der Waals surface area contributed by atoms with E-state index in [2.05, 4.69) is 58.2 Å². The number of aliphatic hydroxyl groups is 2. The third kappa shape index (κ3) is 16.3. The Morgan fingerprint density at radius 3 is 1.70 bits per heavy atom.